The largest absolute Gasteiger partial charge is 0.298 e. The summed E-state index contributed by atoms with van der Waals surface area (Å²) in [6.45, 7) is 7.33. The fourth-order valence-corrected chi connectivity index (χ4v) is 1.83. The molecule has 5 heteroatoms. The Labute approximate surface area is 106 Å². The van der Waals surface area contributed by atoms with Crippen molar-refractivity contribution in [1.29, 1.82) is 0 Å². The Morgan fingerprint density at radius 1 is 1.35 bits per heavy atom. The average molecular weight is 248 g/mol. The Morgan fingerprint density at radius 2 is 2.12 bits per heavy atom. The highest BCUT2D eigenvalue weighted by molar-refractivity contribution is 7.71. The summed E-state index contributed by atoms with van der Waals surface area (Å²) in [4.78, 5) is 4.30. The summed E-state index contributed by atoms with van der Waals surface area (Å²) in [5.41, 5.74) is 0.982. The van der Waals surface area contributed by atoms with E-state index in [0.717, 1.165) is 18.1 Å². The van der Waals surface area contributed by atoms with Crippen LogP contribution < -0.4 is 0 Å². The summed E-state index contributed by atoms with van der Waals surface area (Å²) >= 11 is 5.26. The lowest BCUT2D eigenvalue weighted by Gasteiger charge is -2.19. The molecule has 0 aliphatic carbocycles. The first kappa shape index (κ1) is 12.0. The zero-order valence-corrected chi connectivity index (χ0v) is 11.1. The molecule has 17 heavy (non-hydrogen) atoms. The molecule has 0 atom stereocenters. The van der Waals surface area contributed by atoms with Crippen LogP contribution in [-0.4, -0.2) is 19.7 Å². The van der Waals surface area contributed by atoms with E-state index in [1.165, 1.54) is 0 Å². The smallest absolute Gasteiger partial charge is 0.195 e. The number of aromatic amines is 1. The van der Waals surface area contributed by atoms with Gasteiger partial charge in [0.15, 0.2) is 10.6 Å². The molecular formula is C12H16N4S. The fourth-order valence-electron chi connectivity index (χ4n) is 1.63. The minimum absolute atomic E-state index is 0.144. The number of H-pyrrole nitrogens is 1. The van der Waals surface area contributed by atoms with E-state index in [1.54, 1.807) is 6.20 Å². The van der Waals surface area contributed by atoms with Crippen LogP contribution in [0.4, 0.5) is 0 Å². The van der Waals surface area contributed by atoms with E-state index in [-0.39, 0.29) is 5.41 Å². The molecule has 0 aromatic carbocycles. The molecule has 0 saturated carbocycles. The summed E-state index contributed by atoms with van der Waals surface area (Å²) in [5.74, 6) is 0.797. The van der Waals surface area contributed by atoms with Gasteiger partial charge in [0.1, 0.15) is 5.69 Å². The predicted molar refractivity (Wildman–Crippen MR) is 70.1 cm³/mol. The summed E-state index contributed by atoms with van der Waals surface area (Å²) in [7, 11) is 0. The van der Waals surface area contributed by atoms with Crippen molar-refractivity contribution in [1.82, 2.24) is 19.7 Å². The van der Waals surface area contributed by atoms with E-state index < -0.39 is 0 Å². The molecule has 0 spiro atoms. The van der Waals surface area contributed by atoms with Crippen LogP contribution in [0.3, 0.4) is 0 Å². The molecule has 90 valence electrons. The molecule has 0 bridgehead atoms. The highest BCUT2D eigenvalue weighted by Gasteiger charge is 2.16. The number of nitrogens with zero attached hydrogens (tertiary/aromatic N) is 3. The molecular weight excluding hydrogens is 232 g/mol. The Balaban J connectivity index is 2.47. The zero-order valence-electron chi connectivity index (χ0n) is 10.3. The van der Waals surface area contributed by atoms with Crippen molar-refractivity contribution in [2.45, 2.75) is 27.3 Å². The lowest BCUT2D eigenvalue weighted by Crippen LogP contribution is -2.16. The molecule has 2 rings (SSSR count). The lowest BCUT2D eigenvalue weighted by molar-refractivity contribution is 0.343. The van der Waals surface area contributed by atoms with Crippen molar-refractivity contribution in [2.24, 2.45) is 5.41 Å². The van der Waals surface area contributed by atoms with Crippen molar-refractivity contribution >= 4 is 12.2 Å². The zero-order chi connectivity index (χ0) is 12.5. The Kier molecular flexibility index (Phi) is 3.11. The maximum atomic E-state index is 5.26. The van der Waals surface area contributed by atoms with Crippen molar-refractivity contribution in [3.05, 3.63) is 29.2 Å². The van der Waals surface area contributed by atoms with E-state index >= 15 is 0 Å². The second kappa shape index (κ2) is 4.41. The molecule has 0 radical (unpaired) electrons. The highest BCUT2D eigenvalue weighted by Crippen LogP contribution is 2.21. The topological polar surface area (TPSA) is 46.5 Å². The van der Waals surface area contributed by atoms with Crippen molar-refractivity contribution in [3.63, 3.8) is 0 Å². The van der Waals surface area contributed by atoms with Gasteiger partial charge in [0, 0.05) is 12.7 Å². The number of aromatic nitrogens is 4. The first-order chi connectivity index (χ1) is 7.97. The maximum Gasteiger partial charge on any atom is 0.195 e. The predicted octanol–water partition coefficient (Wildman–Crippen LogP) is 3.05. The van der Waals surface area contributed by atoms with Gasteiger partial charge in [0.05, 0.1) is 0 Å². The van der Waals surface area contributed by atoms with Crippen molar-refractivity contribution in [3.8, 4) is 11.5 Å². The third-order valence-electron chi connectivity index (χ3n) is 2.28. The van der Waals surface area contributed by atoms with Crippen LogP contribution in [-0.2, 0) is 6.54 Å². The molecule has 0 fully saturated rings. The van der Waals surface area contributed by atoms with Gasteiger partial charge in [-0.05, 0) is 29.8 Å². The van der Waals surface area contributed by atoms with Crippen LogP contribution >= 0.6 is 12.2 Å². The van der Waals surface area contributed by atoms with Crippen LogP contribution in [0.25, 0.3) is 11.5 Å². The molecule has 0 saturated heterocycles. The molecule has 0 aliphatic rings. The number of hydrogen-bond acceptors (Lipinski definition) is 3. The van der Waals surface area contributed by atoms with E-state index in [4.69, 9.17) is 12.2 Å². The Morgan fingerprint density at radius 3 is 2.71 bits per heavy atom. The van der Waals surface area contributed by atoms with Gasteiger partial charge in [-0.3, -0.25) is 14.6 Å². The molecule has 0 unspecified atom stereocenters. The van der Waals surface area contributed by atoms with Crippen molar-refractivity contribution in [2.75, 3.05) is 0 Å². The van der Waals surface area contributed by atoms with Gasteiger partial charge in [0.2, 0.25) is 0 Å². The minimum Gasteiger partial charge on any atom is -0.298 e. The average Bonchev–Trinajstić information content (AvgIpc) is 2.60. The van der Waals surface area contributed by atoms with Gasteiger partial charge < -0.3 is 0 Å². The summed E-state index contributed by atoms with van der Waals surface area (Å²) in [6, 6.07) is 5.77. The number of rotatable bonds is 2. The van der Waals surface area contributed by atoms with E-state index in [1.807, 2.05) is 22.8 Å². The number of nitrogens with one attached hydrogen (secondary N) is 1. The second-order valence-electron chi connectivity index (χ2n) is 5.21. The van der Waals surface area contributed by atoms with Gasteiger partial charge in [-0.25, -0.2) is 0 Å². The summed E-state index contributed by atoms with van der Waals surface area (Å²) in [6.07, 6.45) is 1.76. The van der Waals surface area contributed by atoms with Crippen LogP contribution in [0.1, 0.15) is 20.8 Å². The molecule has 2 aromatic rings. The lowest BCUT2D eigenvalue weighted by atomic mass is 9.97. The fraction of sp³-hybridized carbons (Fsp3) is 0.417. The molecule has 4 nitrogen and oxygen atoms in total. The van der Waals surface area contributed by atoms with Crippen molar-refractivity contribution < 1.29 is 0 Å². The van der Waals surface area contributed by atoms with E-state index in [9.17, 15) is 0 Å². The SMILES string of the molecule is CC(C)(C)Cn1c(-c2ccccn2)n[nH]c1=S. The number of hydrogen-bond donors (Lipinski definition) is 1. The third kappa shape index (κ3) is 2.79. The van der Waals surface area contributed by atoms with Crippen LogP contribution in [0.2, 0.25) is 0 Å². The minimum atomic E-state index is 0.144. The van der Waals surface area contributed by atoms with Gasteiger partial charge in [-0.2, -0.15) is 5.10 Å². The van der Waals surface area contributed by atoms with E-state index in [2.05, 4.69) is 36.0 Å². The highest BCUT2D eigenvalue weighted by atomic mass is 32.1. The molecule has 0 amide bonds. The molecule has 1 N–H and O–H groups in total. The maximum absolute atomic E-state index is 5.26. The third-order valence-corrected chi connectivity index (χ3v) is 2.60. The molecule has 2 aromatic heterocycles. The molecule has 0 aliphatic heterocycles. The second-order valence-corrected chi connectivity index (χ2v) is 5.60. The van der Waals surface area contributed by atoms with Gasteiger partial charge in [0.25, 0.3) is 0 Å². The first-order valence-corrected chi connectivity index (χ1v) is 5.95. The Bertz CT molecular complexity index is 548. The van der Waals surface area contributed by atoms with E-state index in [0.29, 0.717) is 4.77 Å². The Hall–Kier alpha value is -1.49. The first-order valence-electron chi connectivity index (χ1n) is 5.54. The summed E-state index contributed by atoms with van der Waals surface area (Å²) in [5, 5.41) is 7.09. The normalized spacial score (nSPS) is 11.7. The van der Waals surface area contributed by atoms with Gasteiger partial charge in [-0.1, -0.05) is 26.8 Å². The summed E-state index contributed by atoms with van der Waals surface area (Å²) < 4.78 is 2.64. The van der Waals surface area contributed by atoms with Crippen LogP contribution in [0.5, 0.6) is 0 Å². The standard InChI is InChI=1S/C12H16N4S/c1-12(2,3)8-16-10(14-15-11(16)17)9-6-4-5-7-13-9/h4-7H,8H2,1-3H3,(H,15,17). The van der Waals surface area contributed by atoms with Gasteiger partial charge >= 0.3 is 0 Å². The quantitative estimate of drug-likeness (QED) is 0.831. The number of pyridine rings is 1. The monoisotopic (exact) mass is 248 g/mol. The van der Waals surface area contributed by atoms with Gasteiger partial charge in [-0.15, -0.1) is 0 Å². The van der Waals surface area contributed by atoms with Crippen LogP contribution in [0, 0.1) is 10.2 Å². The van der Waals surface area contributed by atoms with Crippen LogP contribution in [0.15, 0.2) is 24.4 Å². The molecule has 2 heterocycles.